The SMILES string of the molecule is C=CC[C@H](CCCCCCC)O[C@]12CCC[C@@]1(CC=C)CCO2. The summed E-state index contributed by atoms with van der Waals surface area (Å²) in [4.78, 5) is 0. The van der Waals surface area contributed by atoms with Crippen molar-refractivity contribution in [3.05, 3.63) is 25.3 Å². The molecule has 2 aliphatic rings. The van der Waals surface area contributed by atoms with Crippen LogP contribution in [-0.4, -0.2) is 18.5 Å². The highest BCUT2D eigenvalue weighted by molar-refractivity contribution is 5.06. The molecule has 2 fully saturated rings. The molecule has 23 heavy (non-hydrogen) atoms. The average molecular weight is 321 g/mol. The molecule has 0 bridgehead atoms. The number of allylic oxidation sites excluding steroid dienone is 1. The third-order valence-electron chi connectivity index (χ3n) is 5.84. The largest absolute Gasteiger partial charge is 0.349 e. The first-order chi connectivity index (χ1) is 11.2. The summed E-state index contributed by atoms with van der Waals surface area (Å²) < 4.78 is 12.9. The first-order valence-corrected chi connectivity index (χ1v) is 9.75. The van der Waals surface area contributed by atoms with Crippen molar-refractivity contribution >= 4 is 0 Å². The summed E-state index contributed by atoms with van der Waals surface area (Å²) in [5, 5.41) is 0. The summed E-state index contributed by atoms with van der Waals surface area (Å²) in [6.45, 7) is 11.0. The second-order valence-corrected chi connectivity index (χ2v) is 7.45. The molecule has 2 nitrogen and oxygen atoms in total. The molecular formula is C21H36O2. The lowest BCUT2D eigenvalue weighted by Gasteiger charge is -2.41. The highest BCUT2D eigenvalue weighted by Crippen LogP contribution is 2.58. The lowest BCUT2D eigenvalue weighted by atomic mass is 9.77. The maximum atomic E-state index is 6.68. The molecule has 2 rings (SSSR count). The Morgan fingerprint density at radius 2 is 1.91 bits per heavy atom. The van der Waals surface area contributed by atoms with E-state index >= 15 is 0 Å². The fourth-order valence-electron chi connectivity index (χ4n) is 4.58. The van der Waals surface area contributed by atoms with Crippen molar-refractivity contribution in [1.82, 2.24) is 0 Å². The van der Waals surface area contributed by atoms with E-state index < -0.39 is 0 Å². The molecule has 0 unspecified atom stereocenters. The normalized spacial score (nSPS) is 31.0. The van der Waals surface area contributed by atoms with Crippen LogP contribution in [0.25, 0.3) is 0 Å². The van der Waals surface area contributed by atoms with Crippen molar-refractivity contribution in [3.8, 4) is 0 Å². The van der Waals surface area contributed by atoms with Crippen LogP contribution in [0.3, 0.4) is 0 Å². The Morgan fingerprint density at radius 3 is 2.65 bits per heavy atom. The Kier molecular flexibility index (Phi) is 7.36. The van der Waals surface area contributed by atoms with Crippen LogP contribution in [-0.2, 0) is 9.47 Å². The molecule has 132 valence electrons. The van der Waals surface area contributed by atoms with Gasteiger partial charge in [-0.2, -0.15) is 0 Å². The fraction of sp³-hybridized carbons (Fsp3) is 0.810. The second-order valence-electron chi connectivity index (χ2n) is 7.45. The van der Waals surface area contributed by atoms with Gasteiger partial charge in [0.2, 0.25) is 0 Å². The first kappa shape index (κ1) is 18.7. The highest BCUT2D eigenvalue weighted by Gasteiger charge is 2.60. The number of ether oxygens (including phenoxy) is 2. The molecule has 0 aromatic carbocycles. The number of hydrogen-bond acceptors (Lipinski definition) is 2. The molecule has 3 atom stereocenters. The van der Waals surface area contributed by atoms with Crippen LogP contribution in [0.5, 0.6) is 0 Å². The Hall–Kier alpha value is -0.600. The Bertz CT molecular complexity index is 364. The topological polar surface area (TPSA) is 18.5 Å². The zero-order valence-electron chi connectivity index (χ0n) is 15.2. The van der Waals surface area contributed by atoms with Crippen molar-refractivity contribution in [2.45, 2.75) is 95.9 Å². The van der Waals surface area contributed by atoms with E-state index in [0.717, 1.165) is 38.7 Å². The summed E-state index contributed by atoms with van der Waals surface area (Å²) in [6.07, 6.45) is 18.6. The second kappa shape index (κ2) is 9.03. The van der Waals surface area contributed by atoms with E-state index in [1.807, 2.05) is 6.08 Å². The maximum absolute atomic E-state index is 6.68. The van der Waals surface area contributed by atoms with Crippen molar-refractivity contribution in [2.24, 2.45) is 5.41 Å². The summed E-state index contributed by atoms with van der Waals surface area (Å²) >= 11 is 0. The summed E-state index contributed by atoms with van der Waals surface area (Å²) in [5.74, 6) is -0.349. The molecule has 0 N–H and O–H groups in total. The van der Waals surface area contributed by atoms with Crippen molar-refractivity contribution in [2.75, 3.05) is 6.61 Å². The molecule has 0 spiro atoms. The van der Waals surface area contributed by atoms with Gasteiger partial charge < -0.3 is 9.47 Å². The van der Waals surface area contributed by atoms with E-state index in [1.54, 1.807) is 0 Å². The average Bonchev–Trinajstić information content (AvgIpc) is 3.02. The number of fused-ring (bicyclic) bond motifs is 1. The molecule has 0 aromatic heterocycles. The molecule has 1 aliphatic carbocycles. The van der Waals surface area contributed by atoms with Gasteiger partial charge in [-0.15, -0.1) is 13.2 Å². The minimum atomic E-state index is -0.349. The molecule has 1 saturated carbocycles. The van der Waals surface area contributed by atoms with Crippen LogP contribution in [0, 0.1) is 5.41 Å². The van der Waals surface area contributed by atoms with Gasteiger partial charge in [-0.3, -0.25) is 0 Å². The van der Waals surface area contributed by atoms with Gasteiger partial charge in [0.25, 0.3) is 0 Å². The zero-order valence-corrected chi connectivity index (χ0v) is 15.2. The van der Waals surface area contributed by atoms with E-state index in [2.05, 4.69) is 26.2 Å². The smallest absolute Gasteiger partial charge is 0.174 e. The van der Waals surface area contributed by atoms with Gasteiger partial charge in [0.15, 0.2) is 5.79 Å². The highest BCUT2D eigenvalue weighted by atomic mass is 16.7. The molecule has 1 heterocycles. The molecule has 0 radical (unpaired) electrons. The molecule has 1 saturated heterocycles. The molecule has 0 amide bonds. The van der Waals surface area contributed by atoms with Crippen molar-refractivity contribution in [1.29, 1.82) is 0 Å². The van der Waals surface area contributed by atoms with E-state index in [4.69, 9.17) is 9.47 Å². The monoisotopic (exact) mass is 320 g/mol. The van der Waals surface area contributed by atoms with Crippen LogP contribution in [0.1, 0.15) is 84.0 Å². The molecule has 0 aromatic rings. The van der Waals surface area contributed by atoms with E-state index in [1.165, 1.54) is 44.9 Å². The van der Waals surface area contributed by atoms with E-state index in [0.29, 0.717) is 0 Å². The summed E-state index contributed by atoms with van der Waals surface area (Å²) in [5.41, 5.74) is 0.177. The van der Waals surface area contributed by atoms with Crippen LogP contribution in [0.15, 0.2) is 25.3 Å². The van der Waals surface area contributed by atoms with E-state index in [9.17, 15) is 0 Å². The minimum Gasteiger partial charge on any atom is -0.349 e. The molecule has 2 heteroatoms. The van der Waals surface area contributed by atoms with Gasteiger partial charge in [-0.25, -0.2) is 0 Å². The number of hydrogen-bond donors (Lipinski definition) is 0. The first-order valence-electron chi connectivity index (χ1n) is 9.75. The van der Waals surface area contributed by atoms with Gasteiger partial charge >= 0.3 is 0 Å². The lowest BCUT2D eigenvalue weighted by Crippen LogP contribution is -2.45. The van der Waals surface area contributed by atoms with Crippen LogP contribution in [0.2, 0.25) is 0 Å². The van der Waals surface area contributed by atoms with Crippen LogP contribution in [0.4, 0.5) is 0 Å². The minimum absolute atomic E-state index is 0.177. The third-order valence-corrected chi connectivity index (χ3v) is 5.84. The van der Waals surface area contributed by atoms with Crippen LogP contribution >= 0.6 is 0 Å². The predicted octanol–water partition coefficient (Wildman–Crippen LogP) is 6.17. The Balaban J connectivity index is 1.94. The third kappa shape index (κ3) is 4.28. The maximum Gasteiger partial charge on any atom is 0.174 e. The van der Waals surface area contributed by atoms with Crippen LogP contribution < -0.4 is 0 Å². The van der Waals surface area contributed by atoms with Crippen molar-refractivity contribution in [3.63, 3.8) is 0 Å². The number of rotatable bonds is 12. The van der Waals surface area contributed by atoms with Gasteiger partial charge in [0, 0.05) is 11.8 Å². The standard InChI is InChI=1S/C21H36O2/c1-4-7-8-9-10-13-19(12-5-2)23-21-16-11-15-20(21,14-6-3)17-18-22-21/h5-6,19H,2-4,7-18H2,1H3/t19-,20+,21-/m1/s1. The zero-order chi connectivity index (χ0) is 16.6. The van der Waals surface area contributed by atoms with Gasteiger partial charge in [0.1, 0.15) is 0 Å². The fourth-order valence-corrected chi connectivity index (χ4v) is 4.58. The van der Waals surface area contributed by atoms with Crippen molar-refractivity contribution < 1.29 is 9.47 Å². The Labute approximate surface area is 143 Å². The van der Waals surface area contributed by atoms with Gasteiger partial charge in [-0.05, 0) is 38.5 Å². The van der Waals surface area contributed by atoms with Gasteiger partial charge in [0.05, 0.1) is 12.7 Å². The molecule has 1 aliphatic heterocycles. The quantitative estimate of drug-likeness (QED) is 0.316. The van der Waals surface area contributed by atoms with E-state index in [-0.39, 0.29) is 17.3 Å². The Morgan fingerprint density at radius 1 is 1.09 bits per heavy atom. The van der Waals surface area contributed by atoms with Gasteiger partial charge in [-0.1, -0.05) is 51.2 Å². The summed E-state index contributed by atoms with van der Waals surface area (Å²) in [6, 6.07) is 0. The lowest BCUT2D eigenvalue weighted by molar-refractivity contribution is -0.269. The summed E-state index contributed by atoms with van der Waals surface area (Å²) in [7, 11) is 0. The molecular weight excluding hydrogens is 284 g/mol. The predicted molar refractivity (Wildman–Crippen MR) is 97.5 cm³/mol. The number of unbranched alkanes of at least 4 members (excludes halogenated alkanes) is 4.